The number of ether oxygens (including phenoxy) is 1. The average Bonchev–Trinajstić information content (AvgIpc) is 2.39. The van der Waals surface area contributed by atoms with E-state index in [0.717, 1.165) is 5.69 Å². The van der Waals surface area contributed by atoms with Crippen molar-refractivity contribution in [2.45, 2.75) is 19.4 Å². The molecule has 1 aromatic carbocycles. The van der Waals surface area contributed by atoms with Crippen molar-refractivity contribution in [2.24, 2.45) is 5.73 Å². The van der Waals surface area contributed by atoms with E-state index in [-0.39, 0.29) is 19.5 Å². The summed E-state index contributed by atoms with van der Waals surface area (Å²) < 4.78 is 5.38. The van der Waals surface area contributed by atoms with Crippen molar-refractivity contribution in [3.63, 3.8) is 0 Å². The van der Waals surface area contributed by atoms with Gasteiger partial charge in [0.2, 0.25) is 5.91 Å². The molecule has 1 aromatic rings. The molecule has 0 bridgehead atoms. The van der Waals surface area contributed by atoms with Gasteiger partial charge in [-0.05, 0) is 26.0 Å². The standard InChI is InChI=1S/C13H17N3O3/c1-13(2,11(14)17)16-9-19-8-15(12(16)18)10-6-4-3-5-7-10/h3-7H,8-9H2,1-2H3,(H2,14,17). The highest BCUT2D eigenvalue weighted by molar-refractivity contribution is 5.96. The second-order valence-corrected chi connectivity index (χ2v) is 4.86. The predicted octanol–water partition coefficient (Wildman–Crippen LogP) is 1.12. The van der Waals surface area contributed by atoms with Crippen LogP contribution in [0.4, 0.5) is 10.5 Å². The van der Waals surface area contributed by atoms with Crippen LogP contribution in [0.15, 0.2) is 30.3 Å². The first-order valence-corrected chi connectivity index (χ1v) is 5.96. The number of urea groups is 1. The van der Waals surface area contributed by atoms with Crippen LogP contribution in [-0.2, 0) is 9.53 Å². The molecule has 6 nitrogen and oxygen atoms in total. The van der Waals surface area contributed by atoms with Gasteiger partial charge in [-0.3, -0.25) is 14.6 Å². The van der Waals surface area contributed by atoms with Crippen molar-refractivity contribution in [3.05, 3.63) is 30.3 Å². The lowest BCUT2D eigenvalue weighted by Crippen LogP contribution is -2.62. The van der Waals surface area contributed by atoms with Gasteiger partial charge in [-0.25, -0.2) is 4.79 Å². The van der Waals surface area contributed by atoms with E-state index in [1.54, 1.807) is 13.8 Å². The zero-order valence-corrected chi connectivity index (χ0v) is 11.0. The summed E-state index contributed by atoms with van der Waals surface area (Å²) in [6.45, 7) is 3.42. The summed E-state index contributed by atoms with van der Waals surface area (Å²) >= 11 is 0. The van der Waals surface area contributed by atoms with E-state index in [1.807, 2.05) is 30.3 Å². The molecular formula is C13H17N3O3. The van der Waals surface area contributed by atoms with Crippen molar-refractivity contribution < 1.29 is 14.3 Å². The number of hydrogen-bond donors (Lipinski definition) is 1. The van der Waals surface area contributed by atoms with Gasteiger partial charge in [0.25, 0.3) is 0 Å². The number of primary amides is 1. The van der Waals surface area contributed by atoms with E-state index in [1.165, 1.54) is 9.80 Å². The fourth-order valence-corrected chi connectivity index (χ4v) is 1.81. The highest BCUT2D eigenvalue weighted by Gasteiger charge is 2.41. The Kier molecular flexibility index (Phi) is 3.44. The van der Waals surface area contributed by atoms with Gasteiger partial charge < -0.3 is 10.5 Å². The first-order valence-electron chi connectivity index (χ1n) is 5.96. The quantitative estimate of drug-likeness (QED) is 0.888. The maximum Gasteiger partial charge on any atom is 0.329 e. The fourth-order valence-electron chi connectivity index (χ4n) is 1.81. The van der Waals surface area contributed by atoms with Gasteiger partial charge in [0.15, 0.2) is 0 Å². The maximum atomic E-state index is 12.4. The molecule has 0 saturated carbocycles. The Morgan fingerprint density at radius 2 is 1.89 bits per heavy atom. The normalized spacial score (nSPS) is 16.6. The Morgan fingerprint density at radius 1 is 1.26 bits per heavy atom. The molecule has 0 spiro atoms. The third-order valence-corrected chi connectivity index (χ3v) is 3.25. The molecule has 2 rings (SSSR count). The van der Waals surface area contributed by atoms with E-state index in [0.29, 0.717) is 0 Å². The summed E-state index contributed by atoms with van der Waals surface area (Å²) in [6, 6.07) is 8.86. The molecule has 1 fully saturated rings. The monoisotopic (exact) mass is 263 g/mol. The molecule has 3 amide bonds. The SMILES string of the molecule is CC(C)(C(N)=O)N1COCN(c2ccccc2)C1=O. The van der Waals surface area contributed by atoms with Crippen molar-refractivity contribution in [2.75, 3.05) is 18.4 Å². The number of benzene rings is 1. The summed E-state index contributed by atoms with van der Waals surface area (Å²) in [5, 5.41) is 0. The van der Waals surface area contributed by atoms with E-state index >= 15 is 0 Å². The Balaban J connectivity index is 2.27. The second-order valence-electron chi connectivity index (χ2n) is 4.86. The third-order valence-electron chi connectivity index (χ3n) is 3.25. The van der Waals surface area contributed by atoms with Gasteiger partial charge >= 0.3 is 6.03 Å². The summed E-state index contributed by atoms with van der Waals surface area (Å²) in [5.41, 5.74) is 4.97. The van der Waals surface area contributed by atoms with Gasteiger partial charge in [0.1, 0.15) is 19.0 Å². The molecule has 0 radical (unpaired) electrons. The lowest BCUT2D eigenvalue weighted by Gasteiger charge is -2.42. The highest BCUT2D eigenvalue weighted by atomic mass is 16.5. The van der Waals surface area contributed by atoms with Crippen LogP contribution in [-0.4, -0.2) is 35.8 Å². The Morgan fingerprint density at radius 3 is 2.47 bits per heavy atom. The number of amides is 3. The molecule has 2 N–H and O–H groups in total. The second kappa shape index (κ2) is 4.89. The third kappa shape index (κ3) is 2.39. The van der Waals surface area contributed by atoms with Gasteiger partial charge in [-0.15, -0.1) is 0 Å². The molecular weight excluding hydrogens is 246 g/mol. The van der Waals surface area contributed by atoms with Gasteiger partial charge in [0.05, 0.1) is 0 Å². The Labute approximate surface area is 111 Å². The molecule has 1 aliphatic rings. The van der Waals surface area contributed by atoms with E-state index < -0.39 is 11.4 Å². The van der Waals surface area contributed by atoms with Gasteiger partial charge in [-0.1, -0.05) is 18.2 Å². The minimum Gasteiger partial charge on any atom is -0.368 e. The van der Waals surface area contributed by atoms with Gasteiger partial charge in [-0.2, -0.15) is 0 Å². The first kappa shape index (κ1) is 13.4. The molecule has 19 heavy (non-hydrogen) atoms. The lowest BCUT2D eigenvalue weighted by atomic mass is 10.0. The number of carbonyl (C=O) groups is 2. The number of anilines is 1. The minimum atomic E-state index is -1.09. The number of nitrogens with zero attached hydrogens (tertiary/aromatic N) is 2. The molecule has 0 aromatic heterocycles. The molecule has 1 heterocycles. The Bertz CT molecular complexity index is 487. The highest BCUT2D eigenvalue weighted by Crippen LogP contribution is 2.24. The number of para-hydroxylation sites is 1. The molecule has 1 aliphatic heterocycles. The first-order chi connectivity index (χ1) is 8.94. The van der Waals surface area contributed by atoms with Crippen molar-refractivity contribution in [1.29, 1.82) is 0 Å². The van der Waals surface area contributed by atoms with Crippen molar-refractivity contribution in [1.82, 2.24) is 4.90 Å². The average molecular weight is 263 g/mol. The Hall–Kier alpha value is -2.08. The minimum absolute atomic E-state index is 0.0537. The van der Waals surface area contributed by atoms with Crippen LogP contribution in [0.3, 0.4) is 0 Å². The smallest absolute Gasteiger partial charge is 0.329 e. The topological polar surface area (TPSA) is 75.9 Å². The number of nitrogens with two attached hydrogens (primary N) is 1. The van der Waals surface area contributed by atoms with Crippen LogP contribution in [0.5, 0.6) is 0 Å². The van der Waals surface area contributed by atoms with Crippen LogP contribution in [0.25, 0.3) is 0 Å². The van der Waals surface area contributed by atoms with Crippen molar-refractivity contribution >= 4 is 17.6 Å². The lowest BCUT2D eigenvalue weighted by molar-refractivity contribution is -0.130. The summed E-state index contributed by atoms with van der Waals surface area (Å²) in [7, 11) is 0. The summed E-state index contributed by atoms with van der Waals surface area (Å²) in [6.07, 6.45) is 0. The molecule has 6 heteroatoms. The number of carbonyl (C=O) groups excluding carboxylic acids is 2. The zero-order chi connectivity index (χ0) is 14.0. The zero-order valence-electron chi connectivity index (χ0n) is 11.0. The summed E-state index contributed by atoms with van der Waals surface area (Å²) in [4.78, 5) is 26.7. The molecule has 1 saturated heterocycles. The molecule has 0 aliphatic carbocycles. The molecule has 0 atom stereocenters. The van der Waals surface area contributed by atoms with Crippen LogP contribution >= 0.6 is 0 Å². The molecule has 0 unspecified atom stereocenters. The van der Waals surface area contributed by atoms with Crippen LogP contribution in [0.1, 0.15) is 13.8 Å². The fraction of sp³-hybridized carbons (Fsp3) is 0.385. The van der Waals surface area contributed by atoms with Crippen LogP contribution < -0.4 is 10.6 Å². The van der Waals surface area contributed by atoms with Crippen molar-refractivity contribution in [3.8, 4) is 0 Å². The van der Waals surface area contributed by atoms with E-state index in [9.17, 15) is 9.59 Å². The van der Waals surface area contributed by atoms with E-state index in [4.69, 9.17) is 10.5 Å². The van der Waals surface area contributed by atoms with Crippen LogP contribution in [0.2, 0.25) is 0 Å². The van der Waals surface area contributed by atoms with Crippen LogP contribution in [0, 0.1) is 0 Å². The van der Waals surface area contributed by atoms with E-state index in [2.05, 4.69) is 0 Å². The maximum absolute atomic E-state index is 12.4. The summed E-state index contributed by atoms with van der Waals surface area (Å²) in [5.74, 6) is -0.570. The number of hydrogen-bond acceptors (Lipinski definition) is 3. The molecule has 102 valence electrons. The number of rotatable bonds is 3. The van der Waals surface area contributed by atoms with Gasteiger partial charge in [0, 0.05) is 5.69 Å². The predicted molar refractivity (Wildman–Crippen MR) is 70.2 cm³/mol. The largest absolute Gasteiger partial charge is 0.368 e.